The number of hydrogen-bond acceptors (Lipinski definition) is 3. The standard InChI is InChI=1S/C16H24N2O/c1-16(13-3-2-8-17-12-13)7-4-15(11-16)18-14-5-9-19-10-6-14/h2-3,8,12,14-15,18H,4-7,9-11H2,1H3. The monoisotopic (exact) mass is 260 g/mol. The van der Waals surface area contributed by atoms with Crippen LogP contribution in [0.2, 0.25) is 0 Å². The van der Waals surface area contributed by atoms with Crippen LogP contribution in [0.25, 0.3) is 0 Å². The Kier molecular flexibility index (Phi) is 3.85. The van der Waals surface area contributed by atoms with Crippen molar-refractivity contribution in [3.05, 3.63) is 30.1 Å². The van der Waals surface area contributed by atoms with E-state index in [1.165, 1.54) is 37.7 Å². The molecule has 2 fully saturated rings. The van der Waals surface area contributed by atoms with Crippen molar-refractivity contribution in [3.8, 4) is 0 Å². The first-order chi connectivity index (χ1) is 9.26. The zero-order valence-corrected chi connectivity index (χ0v) is 11.8. The van der Waals surface area contributed by atoms with Gasteiger partial charge < -0.3 is 10.1 Å². The van der Waals surface area contributed by atoms with E-state index in [1.807, 2.05) is 12.4 Å². The molecule has 0 bridgehead atoms. The summed E-state index contributed by atoms with van der Waals surface area (Å²) in [7, 11) is 0. The number of pyridine rings is 1. The summed E-state index contributed by atoms with van der Waals surface area (Å²) in [5.74, 6) is 0. The van der Waals surface area contributed by atoms with E-state index in [0.717, 1.165) is 13.2 Å². The number of hydrogen-bond donors (Lipinski definition) is 1. The maximum Gasteiger partial charge on any atom is 0.0480 e. The maximum absolute atomic E-state index is 5.43. The number of nitrogens with one attached hydrogen (secondary N) is 1. The zero-order chi connectivity index (χ0) is 13.1. The van der Waals surface area contributed by atoms with Gasteiger partial charge in [0.2, 0.25) is 0 Å². The van der Waals surface area contributed by atoms with Crippen LogP contribution < -0.4 is 5.32 Å². The molecule has 3 heteroatoms. The fourth-order valence-electron chi connectivity index (χ4n) is 3.56. The maximum atomic E-state index is 5.43. The second-order valence-electron chi connectivity index (χ2n) is 6.30. The van der Waals surface area contributed by atoms with E-state index < -0.39 is 0 Å². The van der Waals surface area contributed by atoms with Crippen LogP contribution in [-0.2, 0) is 10.2 Å². The first-order valence-corrected chi connectivity index (χ1v) is 7.51. The van der Waals surface area contributed by atoms with Gasteiger partial charge in [-0.3, -0.25) is 4.98 Å². The molecular weight excluding hydrogens is 236 g/mol. The van der Waals surface area contributed by atoms with Crippen LogP contribution >= 0.6 is 0 Å². The van der Waals surface area contributed by atoms with E-state index >= 15 is 0 Å². The molecule has 1 aliphatic carbocycles. The summed E-state index contributed by atoms with van der Waals surface area (Å²) in [6.07, 6.45) is 10.0. The van der Waals surface area contributed by atoms with Gasteiger partial charge in [-0.25, -0.2) is 0 Å². The molecule has 2 aliphatic rings. The molecule has 1 N–H and O–H groups in total. The lowest BCUT2D eigenvalue weighted by Gasteiger charge is -2.28. The highest BCUT2D eigenvalue weighted by Crippen LogP contribution is 2.40. The third kappa shape index (κ3) is 2.98. The van der Waals surface area contributed by atoms with Crippen LogP contribution in [-0.4, -0.2) is 30.3 Å². The summed E-state index contributed by atoms with van der Waals surface area (Å²) in [6, 6.07) is 5.60. The smallest absolute Gasteiger partial charge is 0.0480 e. The van der Waals surface area contributed by atoms with Crippen molar-refractivity contribution >= 4 is 0 Å². The SMILES string of the molecule is CC1(c2cccnc2)CCC(NC2CCOCC2)C1. The molecule has 1 aliphatic heterocycles. The minimum Gasteiger partial charge on any atom is -0.381 e. The number of ether oxygens (including phenoxy) is 1. The molecule has 2 atom stereocenters. The van der Waals surface area contributed by atoms with Gasteiger partial charge >= 0.3 is 0 Å². The van der Waals surface area contributed by atoms with Gasteiger partial charge in [0.05, 0.1) is 0 Å². The highest BCUT2D eigenvalue weighted by Gasteiger charge is 2.37. The van der Waals surface area contributed by atoms with E-state index in [-0.39, 0.29) is 0 Å². The fourth-order valence-corrected chi connectivity index (χ4v) is 3.56. The minimum absolute atomic E-state index is 0.303. The van der Waals surface area contributed by atoms with Crippen molar-refractivity contribution < 1.29 is 4.74 Å². The average Bonchev–Trinajstić information content (AvgIpc) is 2.84. The van der Waals surface area contributed by atoms with Gasteiger partial charge in [-0.05, 0) is 49.1 Å². The molecule has 1 aromatic rings. The predicted octanol–water partition coefficient (Wildman–Crippen LogP) is 2.66. The Morgan fingerprint density at radius 1 is 1.26 bits per heavy atom. The highest BCUT2D eigenvalue weighted by atomic mass is 16.5. The number of aromatic nitrogens is 1. The van der Waals surface area contributed by atoms with Crippen LogP contribution in [0.1, 0.15) is 44.6 Å². The molecule has 0 spiro atoms. The van der Waals surface area contributed by atoms with Gasteiger partial charge in [0.25, 0.3) is 0 Å². The van der Waals surface area contributed by atoms with Crippen molar-refractivity contribution in [1.82, 2.24) is 10.3 Å². The highest BCUT2D eigenvalue weighted by molar-refractivity contribution is 5.23. The molecular formula is C16H24N2O. The summed E-state index contributed by atoms with van der Waals surface area (Å²) in [5.41, 5.74) is 1.70. The van der Waals surface area contributed by atoms with Crippen LogP contribution in [0, 0.1) is 0 Å². The first kappa shape index (κ1) is 13.1. The van der Waals surface area contributed by atoms with E-state index in [4.69, 9.17) is 4.74 Å². The van der Waals surface area contributed by atoms with Gasteiger partial charge in [0.15, 0.2) is 0 Å². The van der Waals surface area contributed by atoms with E-state index in [2.05, 4.69) is 29.4 Å². The molecule has 19 heavy (non-hydrogen) atoms. The summed E-state index contributed by atoms with van der Waals surface area (Å²) in [6.45, 7) is 4.23. The zero-order valence-electron chi connectivity index (χ0n) is 11.8. The third-order valence-electron chi connectivity index (χ3n) is 4.79. The number of nitrogens with zero attached hydrogens (tertiary/aromatic N) is 1. The van der Waals surface area contributed by atoms with Crippen molar-refractivity contribution in [2.75, 3.05) is 13.2 Å². The predicted molar refractivity (Wildman–Crippen MR) is 76.2 cm³/mol. The summed E-state index contributed by atoms with van der Waals surface area (Å²) in [4.78, 5) is 4.28. The lowest BCUT2D eigenvalue weighted by Crippen LogP contribution is -2.41. The molecule has 2 heterocycles. The summed E-state index contributed by atoms with van der Waals surface area (Å²) >= 11 is 0. The Hall–Kier alpha value is -0.930. The fraction of sp³-hybridized carbons (Fsp3) is 0.688. The first-order valence-electron chi connectivity index (χ1n) is 7.51. The normalized spacial score (nSPS) is 32.6. The number of rotatable bonds is 3. The third-order valence-corrected chi connectivity index (χ3v) is 4.79. The molecule has 0 radical (unpaired) electrons. The molecule has 0 amide bonds. The van der Waals surface area contributed by atoms with Crippen molar-refractivity contribution in [2.45, 2.75) is 56.5 Å². The molecule has 2 unspecified atom stereocenters. The molecule has 1 saturated carbocycles. The lowest BCUT2D eigenvalue weighted by molar-refractivity contribution is 0.0749. The van der Waals surface area contributed by atoms with E-state index in [1.54, 1.807) is 0 Å². The second-order valence-corrected chi connectivity index (χ2v) is 6.30. The molecule has 0 aromatic carbocycles. The van der Waals surface area contributed by atoms with Gasteiger partial charge in [-0.15, -0.1) is 0 Å². The lowest BCUT2D eigenvalue weighted by atomic mass is 9.82. The van der Waals surface area contributed by atoms with Crippen LogP contribution in [0.4, 0.5) is 0 Å². The molecule has 3 nitrogen and oxygen atoms in total. The van der Waals surface area contributed by atoms with Gasteiger partial charge in [-0.1, -0.05) is 13.0 Å². The van der Waals surface area contributed by atoms with Crippen LogP contribution in [0.5, 0.6) is 0 Å². The van der Waals surface area contributed by atoms with Crippen molar-refractivity contribution in [2.24, 2.45) is 0 Å². The Morgan fingerprint density at radius 3 is 2.84 bits per heavy atom. The minimum atomic E-state index is 0.303. The summed E-state index contributed by atoms with van der Waals surface area (Å²) in [5, 5.41) is 3.84. The van der Waals surface area contributed by atoms with E-state index in [9.17, 15) is 0 Å². The summed E-state index contributed by atoms with van der Waals surface area (Å²) < 4.78 is 5.43. The molecule has 3 rings (SSSR count). The van der Waals surface area contributed by atoms with Crippen LogP contribution in [0.3, 0.4) is 0 Å². The topological polar surface area (TPSA) is 34.2 Å². The van der Waals surface area contributed by atoms with Gasteiger partial charge in [-0.2, -0.15) is 0 Å². The average molecular weight is 260 g/mol. The Labute approximate surface area is 115 Å². The van der Waals surface area contributed by atoms with Gasteiger partial charge in [0, 0.05) is 37.7 Å². The Bertz CT molecular complexity index is 402. The van der Waals surface area contributed by atoms with Gasteiger partial charge in [0.1, 0.15) is 0 Å². The van der Waals surface area contributed by atoms with E-state index in [0.29, 0.717) is 17.5 Å². The van der Waals surface area contributed by atoms with Crippen molar-refractivity contribution in [1.29, 1.82) is 0 Å². The van der Waals surface area contributed by atoms with Crippen LogP contribution in [0.15, 0.2) is 24.5 Å². The Morgan fingerprint density at radius 2 is 2.11 bits per heavy atom. The molecule has 1 saturated heterocycles. The molecule has 104 valence electrons. The van der Waals surface area contributed by atoms with Crippen molar-refractivity contribution in [3.63, 3.8) is 0 Å². The quantitative estimate of drug-likeness (QED) is 0.907. The Balaban J connectivity index is 1.60. The largest absolute Gasteiger partial charge is 0.381 e. The second kappa shape index (κ2) is 5.59. The molecule has 1 aromatic heterocycles.